The van der Waals surface area contributed by atoms with E-state index in [0.29, 0.717) is 16.6 Å². The molecule has 0 spiro atoms. The Bertz CT molecular complexity index is 1140. The summed E-state index contributed by atoms with van der Waals surface area (Å²) in [6, 6.07) is 10.9. The lowest BCUT2D eigenvalue weighted by atomic mass is 10.1. The van der Waals surface area contributed by atoms with E-state index < -0.39 is 16.1 Å². The van der Waals surface area contributed by atoms with Gasteiger partial charge in [-0.2, -0.15) is 0 Å². The van der Waals surface area contributed by atoms with Gasteiger partial charge in [-0.15, -0.1) is 0 Å². The fraction of sp³-hybridized carbons (Fsp3) is 0.417. The van der Waals surface area contributed by atoms with Gasteiger partial charge in [0.1, 0.15) is 6.04 Å². The number of carbonyl (C=O) groups excluding carboxylic acids is 2. The summed E-state index contributed by atoms with van der Waals surface area (Å²) in [7, 11) is -3.68. The van der Waals surface area contributed by atoms with Crippen molar-refractivity contribution in [3.8, 4) is 0 Å². The average molecular weight is 563 g/mol. The Morgan fingerprint density at radius 1 is 1.06 bits per heavy atom. The van der Waals surface area contributed by atoms with E-state index in [1.807, 2.05) is 13.0 Å². The quantitative estimate of drug-likeness (QED) is 0.388. The molecule has 0 bridgehead atoms. The second kappa shape index (κ2) is 13.3. The van der Waals surface area contributed by atoms with Gasteiger partial charge in [0, 0.05) is 36.1 Å². The van der Waals surface area contributed by atoms with Gasteiger partial charge in [0.15, 0.2) is 0 Å². The molecule has 1 N–H and O–H groups in total. The van der Waals surface area contributed by atoms with Crippen molar-refractivity contribution in [1.29, 1.82) is 0 Å². The highest BCUT2D eigenvalue weighted by Crippen LogP contribution is 2.31. The van der Waals surface area contributed by atoms with E-state index in [-0.39, 0.29) is 48.5 Å². The first kappa shape index (κ1) is 29.2. The molecular weight excluding hydrogens is 533 g/mol. The van der Waals surface area contributed by atoms with E-state index in [9.17, 15) is 18.0 Å². The van der Waals surface area contributed by atoms with Crippen LogP contribution in [0.5, 0.6) is 0 Å². The lowest BCUT2D eigenvalue weighted by Gasteiger charge is -2.29. The second-order valence-corrected chi connectivity index (χ2v) is 11.3. The molecule has 0 unspecified atom stereocenters. The zero-order chi connectivity index (χ0) is 26.2. The van der Waals surface area contributed by atoms with Gasteiger partial charge in [-0.25, -0.2) is 8.42 Å². The molecule has 0 saturated carbocycles. The van der Waals surface area contributed by atoms with Crippen LogP contribution in [0.2, 0.25) is 15.1 Å². The summed E-state index contributed by atoms with van der Waals surface area (Å²) in [5.74, 6) is -0.541. The smallest absolute Gasteiger partial charge is 0.242 e. The number of sulfonamides is 1. The molecule has 0 aliphatic heterocycles. The van der Waals surface area contributed by atoms with Crippen LogP contribution in [0.1, 0.15) is 38.7 Å². The summed E-state index contributed by atoms with van der Waals surface area (Å²) in [6.07, 6.45) is 2.08. The van der Waals surface area contributed by atoms with Crippen molar-refractivity contribution in [1.82, 2.24) is 10.2 Å². The number of amides is 2. The average Bonchev–Trinajstić information content (AvgIpc) is 2.79. The van der Waals surface area contributed by atoms with Crippen LogP contribution in [0, 0.1) is 0 Å². The first-order valence-corrected chi connectivity index (χ1v) is 14.2. The number of hydrogen-bond acceptors (Lipinski definition) is 4. The van der Waals surface area contributed by atoms with Gasteiger partial charge in [0.2, 0.25) is 21.8 Å². The summed E-state index contributed by atoms with van der Waals surface area (Å²) in [6.45, 7) is 4.33. The topological polar surface area (TPSA) is 86.8 Å². The number of rotatable bonds is 12. The van der Waals surface area contributed by atoms with E-state index in [1.165, 1.54) is 17.0 Å². The molecular formula is C24H30Cl3N3O4S. The molecule has 1 atom stereocenters. The number of nitrogens with zero attached hydrogens (tertiary/aromatic N) is 2. The lowest BCUT2D eigenvalue weighted by Crippen LogP contribution is -2.47. The van der Waals surface area contributed by atoms with Crippen molar-refractivity contribution in [3.05, 3.63) is 63.1 Å². The first-order chi connectivity index (χ1) is 16.4. The minimum atomic E-state index is -3.68. The highest BCUT2D eigenvalue weighted by atomic mass is 35.5. The van der Waals surface area contributed by atoms with Gasteiger partial charge in [-0.05, 0) is 55.7 Å². The molecule has 35 heavy (non-hydrogen) atoms. The minimum Gasteiger partial charge on any atom is -0.354 e. The van der Waals surface area contributed by atoms with Crippen molar-refractivity contribution in [3.63, 3.8) is 0 Å². The second-order valence-electron chi connectivity index (χ2n) is 8.15. The lowest BCUT2D eigenvalue weighted by molar-refractivity contribution is -0.140. The number of hydrogen-bond donors (Lipinski definition) is 1. The maximum Gasteiger partial charge on any atom is 0.242 e. The van der Waals surface area contributed by atoms with Gasteiger partial charge in [0.05, 0.1) is 17.0 Å². The Balaban J connectivity index is 2.19. The Hall–Kier alpha value is -2.00. The molecule has 0 saturated heterocycles. The van der Waals surface area contributed by atoms with E-state index in [0.717, 1.165) is 22.5 Å². The van der Waals surface area contributed by atoms with Crippen LogP contribution in [0.3, 0.4) is 0 Å². The summed E-state index contributed by atoms with van der Waals surface area (Å²) in [5, 5.41) is 3.92. The largest absolute Gasteiger partial charge is 0.354 e. The Morgan fingerprint density at radius 2 is 1.74 bits per heavy atom. The van der Waals surface area contributed by atoms with Crippen LogP contribution in [-0.2, 0) is 26.2 Å². The van der Waals surface area contributed by atoms with Crippen molar-refractivity contribution in [2.24, 2.45) is 0 Å². The zero-order valence-corrected chi connectivity index (χ0v) is 23.0. The van der Waals surface area contributed by atoms with E-state index in [4.69, 9.17) is 34.8 Å². The third-order valence-electron chi connectivity index (χ3n) is 5.29. The predicted octanol–water partition coefficient (Wildman–Crippen LogP) is 5.14. The fourth-order valence-corrected chi connectivity index (χ4v) is 5.09. The normalized spacial score (nSPS) is 12.2. The molecule has 192 valence electrons. The van der Waals surface area contributed by atoms with Crippen molar-refractivity contribution >= 4 is 62.3 Å². The molecule has 2 amide bonds. The molecule has 0 fully saturated rings. The molecule has 0 aliphatic rings. The van der Waals surface area contributed by atoms with Crippen LogP contribution in [-0.4, -0.2) is 50.5 Å². The van der Waals surface area contributed by atoms with E-state index in [2.05, 4.69) is 5.32 Å². The van der Waals surface area contributed by atoms with Gasteiger partial charge < -0.3 is 10.2 Å². The first-order valence-electron chi connectivity index (χ1n) is 11.2. The monoisotopic (exact) mass is 561 g/mol. The van der Waals surface area contributed by atoms with E-state index in [1.54, 1.807) is 31.2 Å². The highest BCUT2D eigenvalue weighted by Gasteiger charge is 2.27. The van der Waals surface area contributed by atoms with Crippen LogP contribution in [0.4, 0.5) is 5.69 Å². The third kappa shape index (κ3) is 8.86. The van der Waals surface area contributed by atoms with Crippen LogP contribution in [0.25, 0.3) is 0 Å². The predicted molar refractivity (Wildman–Crippen MR) is 143 cm³/mol. The number of halogens is 3. The molecule has 2 aromatic carbocycles. The van der Waals surface area contributed by atoms with Gasteiger partial charge in [0.25, 0.3) is 0 Å². The van der Waals surface area contributed by atoms with Crippen molar-refractivity contribution in [2.45, 2.75) is 45.7 Å². The minimum absolute atomic E-state index is 0.0199. The van der Waals surface area contributed by atoms with Gasteiger partial charge >= 0.3 is 0 Å². The Labute approximate surface area is 222 Å². The SMILES string of the molecule is CCCNC(=O)[C@@H](C)N(Cc1cccc(Cl)c1)C(=O)CCCN(c1cc(Cl)ccc1Cl)S(C)(=O)=O. The summed E-state index contributed by atoms with van der Waals surface area (Å²) in [4.78, 5) is 27.3. The molecule has 0 radical (unpaired) electrons. The van der Waals surface area contributed by atoms with Crippen molar-refractivity contribution < 1.29 is 18.0 Å². The fourth-order valence-electron chi connectivity index (χ4n) is 3.47. The number of carbonyl (C=O) groups is 2. The molecule has 0 heterocycles. The van der Waals surface area contributed by atoms with Crippen molar-refractivity contribution in [2.75, 3.05) is 23.7 Å². The summed E-state index contributed by atoms with van der Waals surface area (Å²) in [5.41, 5.74) is 1.03. The molecule has 11 heteroatoms. The number of benzene rings is 2. The van der Waals surface area contributed by atoms with E-state index >= 15 is 0 Å². The third-order valence-corrected chi connectivity index (χ3v) is 7.26. The maximum absolute atomic E-state index is 13.2. The number of anilines is 1. The van der Waals surface area contributed by atoms with Crippen LogP contribution < -0.4 is 9.62 Å². The molecule has 7 nitrogen and oxygen atoms in total. The van der Waals surface area contributed by atoms with Gasteiger partial charge in [-0.1, -0.05) is 53.9 Å². The Morgan fingerprint density at radius 3 is 2.37 bits per heavy atom. The molecule has 0 aromatic heterocycles. The van der Waals surface area contributed by atoms with Crippen LogP contribution >= 0.6 is 34.8 Å². The molecule has 2 aromatic rings. The maximum atomic E-state index is 13.2. The highest BCUT2D eigenvalue weighted by molar-refractivity contribution is 7.92. The van der Waals surface area contributed by atoms with Crippen LogP contribution in [0.15, 0.2) is 42.5 Å². The zero-order valence-electron chi connectivity index (χ0n) is 19.9. The standard InChI is InChI=1S/C24H30Cl3N3O4S/c1-4-12-28-24(32)17(2)29(16-18-7-5-8-19(25)14-18)23(31)9-6-13-30(35(3,33)34)22-15-20(26)10-11-21(22)27/h5,7-8,10-11,14-15,17H,4,6,9,12-13,16H2,1-3H3,(H,28,32)/t17-/m1/s1. The number of nitrogens with one attached hydrogen (secondary N) is 1. The summed E-state index contributed by atoms with van der Waals surface area (Å²) >= 11 is 18.3. The Kier molecular flexibility index (Phi) is 11.1. The molecule has 2 rings (SSSR count). The molecule has 0 aliphatic carbocycles. The van der Waals surface area contributed by atoms with Gasteiger partial charge in [-0.3, -0.25) is 13.9 Å². The summed E-state index contributed by atoms with van der Waals surface area (Å²) < 4.78 is 26.0.